The minimum atomic E-state index is -0.103. The lowest BCUT2D eigenvalue weighted by atomic mass is 10.3. The van der Waals surface area contributed by atoms with Crippen LogP contribution in [-0.2, 0) is 11.2 Å². The molecule has 1 aromatic rings. The maximum Gasteiger partial charge on any atom is 0.293 e. The lowest BCUT2D eigenvalue weighted by Gasteiger charge is -2.17. The van der Waals surface area contributed by atoms with E-state index in [0.717, 1.165) is 38.2 Å². The fourth-order valence-corrected chi connectivity index (χ4v) is 1.83. The third-order valence-corrected chi connectivity index (χ3v) is 2.72. The van der Waals surface area contributed by atoms with Crippen molar-refractivity contribution in [1.82, 2.24) is 20.1 Å². The third-order valence-electron chi connectivity index (χ3n) is 2.72. The second kappa shape index (κ2) is 5.77. The number of H-pyrrole nitrogens is 1. The molecule has 2 rings (SSSR count). The molecule has 1 aliphatic rings. The number of carbonyl (C=O) groups excluding carboxylic acids is 1. The van der Waals surface area contributed by atoms with Crippen molar-refractivity contribution in [3.63, 3.8) is 0 Å². The molecular formula is C11H18N4O2. The number of aromatic amines is 1. The number of aromatic nitrogens is 3. The Morgan fingerprint density at radius 2 is 2.35 bits per heavy atom. The number of aryl methyl sites for hydroxylation is 1. The highest BCUT2D eigenvalue weighted by Crippen LogP contribution is 2.05. The standard InChI is InChI=1S/C11H18N4O2/c1-2-4-9-12-10(14-13-9)11(16)15-5-3-7-17-8-6-15/h2-8H2,1H3,(H,12,13,14). The molecule has 1 aliphatic heterocycles. The Hall–Kier alpha value is -1.43. The van der Waals surface area contributed by atoms with Gasteiger partial charge in [0.05, 0.1) is 6.61 Å². The third kappa shape index (κ3) is 3.03. The molecule has 1 aromatic heterocycles. The average Bonchev–Trinajstić information content (AvgIpc) is 2.64. The predicted octanol–water partition coefficient (Wildman–Crippen LogP) is 0.620. The molecule has 0 unspecified atom stereocenters. The number of nitrogens with one attached hydrogen (secondary N) is 1. The number of nitrogens with zero attached hydrogens (tertiary/aromatic N) is 3. The monoisotopic (exact) mass is 238 g/mol. The number of rotatable bonds is 3. The number of hydrogen-bond acceptors (Lipinski definition) is 4. The highest BCUT2D eigenvalue weighted by Gasteiger charge is 2.21. The Bertz CT molecular complexity index is 369. The lowest BCUT2D eigenvalue weighted by molar-refractivity contribution is 0.0729. The van der Waals surface area contributed by atoms with Crippen LogP contribution in [0.15, 0.2) is 0 Å². The van der Waals surface area contributed by atoms with Crippen LogP contribution in [0, 0.1) is 0 Å². The van der Waals surface area contributed by atoms with Crippen molar-refractivity contribution >= 4 is 5.91 Å². The molecule has 1 fully saturated rings. The van der Waals surface area contributed by atoms with Crippen molar-refractivity contribution in [2.75, 3.05) is 26.3 Å². The van der Waals surface area contributed by atoms with Crippen molar-refractivity contribution in [3.05, 3.63) is 11.6 Å². The van der Waals surface area contributed by atoms with Crippen molar-refractivity contribution < 1.29 is 9.53 Å². The Morgan fingerprint density at radius 3 is 3.18 bits per heavy atom. The summed E-state index contributed by atoms with van der Waals surface area (Å²) in [6.45, 7) is 4.72. The Kier molecular flexibility index (Phi) is 4.08. The first-order chi connectivity index (χ1) is 8.31. The van der Waals surface area contributed by atoms with Crippen LogP contribution in [0.4, 0.5) is 0 Å². The molecule has 0 saturated carbocycles. The van der Waals surface area contributed by atoms with E-state index in [-0.39, 0.29) is 11.7 Å². The van der Waals surface area contributed by atoms with Crippen molar-refractivity contribution in [2.45, 2.75) is 26.2 Å². The van der Waals surface area contributed by atoms with Gasteiger partial charge < -0.3 is 9.64 Å². The van der Waals surface area contributed by atoms with Gasteiger partial charge in [0.2, 0.25) is 5.82 Å². The largest absolute Gasteiger partial charge is 0.380 e. The Balaban J connectivity index is 2.01. The maximum absolute atomic E-state index is 12.1. The Labute approximate surface area is 100 Å². The minimum Gasteiger partial charge on any atom is -0.380 e. The summed E-state index contributed by atoms with van der Waals surface area (Å²) < 4.78 is 5.31. The second-order valence-electron chi connectivity index (χ2n) is 4.11. The van der Waals surface area contributed by atoms with E-state index in [4.69, 9.17) is 4.74 Å². The van der Waals surface area contributed by atoms with E-state index in [0.29, 0.717) is 13.2 Å². The first kappa shape index (κ1) is 12.0. The van der Waals surface area contributed by atoms with E-state index in [2.05, 4.69) is 22.1 Å². The van der Waals surface area contributed by atoms with Crippen LogP contribution >= 0.6 is 0 Å². The van der Waals surface area contributed by atoms with Gasteiger partial charge in [0.25, 0.3) is 5.91 Å². The van der Waals surface area contributed by atoms with Gasteiger partial charge in [0.1, 0.15) is 5.82 Å². The average molecular weight is 238 g/mol. The summed E-state index contributed by atoms with van der Waals surface area (Å²) in [4.78, 5) is 18.1. The number of amides is 1. The van der Waals surface area contributed by atoms with Crippen LogP contribution in [0.5, 0.6) is 0 Å². The van der Waals surface area contributed by atoms with Gasteiger partial charge in [0, 0.05) is 26.1 Å². The number of hydrogen-bond donors (Lipinski definition) is 1. The van der Waals surface area contributed by atoms with E-state index >= 15 is 0 Å². The van der Waals surface area contributed by atoms with Crippen LogP contribution < -0.4 is 0 Å². The van der Waals surface area contributed by atoms with Gasteiger partial charge in [-0.25, -0.2) is 4.98 Å². The number of ether oxygens (including phenoxy) is 1. The molecule has 0 aliphatic carbocycles. The Morgan fingerprint density at radius 1 is 1.47 bits per heavy atom. The van der Waals surface area contributed by atoms with Gasteiger partial charge in [-0.2, -0.15) is 0 Å². The van der Waals surface area contributed by atoms with E-state index < -0.39 is 0 Å². The molecule has 0 spiro atoms. The molecule has 17 heavy (non-hydrogen) atoms. The summed E-state index contributed by atoms with van der Waals surface area (Å²) in [6.07, 6.45) is 2.68. The zero-order valence-electron chi connectivity index (χ0n) is 10.1. The molecule has 2 heterocycles. The van der Waals surface area contributed by atoms with Gasteiger partial charge in [-0.15, -0.1) is 5.10 Å². The van der Waals surface area contributed by atoms with Gasteiger partial charge in [0.15, 0.2) is 0 Å². The molecule has 1 N–H and O–H groups in total. The zero-order chi connectivity index (χ0) is 12.1. The van der Waals surface area contributed by atoms with E-state index in [1.165, 1.54) is 0 Å². The predicted molar refractivity (Wildman–Crippen MR) is 61.7 cm³/mol. The summed E-state index contributed by atoms with van der Waals surface area (Å²) in [7, 11) is 0. The molecule has 0 atom stereocenters. The molecule has 6 heteroatoms. The van der Waals surface area contributed by atoms with Gasteiger partial charge in [-0.05, 0) is 12.8 Å². The molecule has 94 valence electrons. The van der Waals surface area contributed by atoms with Crippen LogP contribution in [0.2, 0.25) is 0 Å². The fourth-order valence-electron chi connectivity index (χ4n) is 1.83. The summed E-state index contributed by atoms with van der Waals surface area (Å²) in [5.41, 5.74) is 0. The summed E-state index contributed by atoms with van der Waals surface area (Å²) in [5, 5.41) is 6.77. The smallest absolute Gasteiger partial charge is 0.293 e. The molecule has 0 aromatic carbocycles. The van der Waals surface area contributed by atoms with Crippen LogP contribution in [0.25, 0.3) is 0 Å². The molecule has 1 amide bonds. The first-order valence-corrected chi connectivity index (χ1v) is 6.09. The molecule has 0 bridgehead atoms. The molecule has 1 saturated heterocycles. The van der Waals surface area contributed by atoms with E-state index in [1.54, 1.807) is 4.90 Å². The highest BCUT2D eigenvalue weighted by molar-refractivity contribution is 5.90. The molecule has 6 nitrogen and oxygen atoms in total. The highest BCUT2D eigenvalue weighted by atomic mass is 16.5. The van der Waals surface area contributed by atoms with Crippen molar-refractivity contribution in [2.24, 2.45) is 0 Å². The van der Waals surface area contributed by atoms with E-state index in [9.17, 15) is 4.79 Å². The zero-order valence-corrected chi connectivity index (χ0v) is 10.1. The fraction of sp³-hybridized carbons (Fsp3) is 0.727. The minimum absolute atomic E-state index is 0.103. The summed E-state index contributed by atoms with van der Waals surface area (Å²) in [5.74, 6) is 0.950. The van der Waals surface area contributed by atoms with E-state index in [1.807, 2.05) is 0 Å². The summed E-state index contributed by atoms with van der Waals surface area (Å²) in [6, 6.07) is 0. The SMILES string of the molecule is CCCc1nc(C(=O)N2CCCOCC2)n[nH]1. The van der Waals surface area contributed by atoms with Gasteiger partial charge in [-0.1, -0.05) is 6.92 Å². The first-order valence-electron chi connectivity index (χ1n) is 6.09. The van der Waals surface area contributed by atoms with Crippen molar-refractivity contribution in [3.8, 4) is 0 Å². The quantitative estimate of drug-likeness (QED) is 0.838. The van der Waals surface area contributed by atoms with Crippen LogP contribution in [0.3, 0.4) is 0 Å². The molecular weight excluding hydrogens is 220 g/mol. The number of carbonyl (C=O) groups is 1. The topological polar surface area (TPSA) is 71.1 Å². The second-order valence-corrected chi connectivity index (χ2v) is 4.11. The van der Waals surface area contributed by atoms with Crippen molar-refractivity contribution in [1.29, 1.82) is 0 Å². The summed E-state index contributed by atoms with van der Waals surface area (Å²) >= 11 is 0. The van der Waals surface area contributed by atoms with Crippen LogP contribution in [-0.4, -0.2) is 52.3 Å². The lowest BCUT2D eigenvalue weighted by Crippen LogP contribution is -2.33. The molecule has 0 radical (unpaired) electrons. The maximum atomic E-state index is 12.1. The van der Waals surface area contributed by atoms with Gasteiger partial charge >= 0.3 is 0 Å². The normalized spacial score (nSPS) is 16.9. The van der Waals surface area contributed by atoms with Crippen LogP contribution in [0.1, 0.15) is 36.2 Å². The van der Waals surface area contributed by atoms with Gasteiger partial charge in [-0.3, -0.25) is 9.89 Å².